The van der Waals surface area contributed by atoms with E-state index in [0.29, 0.717) is 0 Å². The zero-order chi connectivity index (χ0) is 15.8. The summed E-state index contributed by atoms with van der Waals surface area (Å²) in [4.78, 5) is 17.1. The van der Waals surface area contributed by atoms with Crippen LogP contribution in [0.1, 0.15) is 20.8 Å². The molecule has 1 aromatic rings. The quantitative estimate of drug-likeness (QED) is 0.731. The van der Waals surface area contributed by atoms with Crippen LogP contribution in [0.5, 0.6) is 5.88 Å². The van der Waals surface area contributed by atoms with Crippen LogP contribution >= 0.6 is 10.7 Å². The molecule has 1 aromatic heterocycles. The fourth-order valence-electron chi connectivity index (χ4n) is 1.72. The Morgan fingerprint density at radius 3 is 2.71 bits per heavy atom. The maximum absolute atomic E-state index is 12.2. The monoisotopic (exact) mass is 334 g/mol. The average molecular weight is 335 g/mol. The molecule has 1 aliphatic rings. The Morgan fingerprint density at radius 2 is 2.14 bits per heavy atom. The van der Waals surface area contributed by atoms with E-state index in [4.69, 9.17) is 20.2 Å². The fourth-order valence-corrected chi connectivity index (χ4v) is 2.40. The summed E-state index contributed by atoms with van der Waals surface area (Å²) in [5.41, 5.74) is -0.448. The number of hydrogen-bond donors (Lipinski definition) is 0. The van der Waals surface area contributed by atoms with Gasteiger partial charge in [-0.3, -0.25) is 4.90 Å². The number of hydrogen-bond acceptors (Lipinski definition) is 6. The Bertz CT molecular complexity index is 669. The zero-order valence-corrected chi connectivity index (χ0v) is 13.4. The van der Waals surface area contributed by atoms with Crippen molar-refractivity contribution in [2.45, 2.75) is 31.3 Å². The minimum Gasteiger partial charge on any atom is -0.474 e. The molecular weight excluding hydrogens is 320 g/mol. The van der Waals surface area contributed by atoms with Gasteiger partial charge in [-0.1, -0.05) is 0 Å². The van der Waals surface area contributed by atoms with Gasteiger partial charge in [-0.25, -0.2) is 18.2 Å². The molecule has 7 nitrogen and oxygen atoms in total. The molecule has 0 unspecified atom stereocenters. The van der Waals surface area contributed by atoms with Crippen molar-refractivity contribution in [3.63, 3.8) is 0 Å². The van der Waals surface area contributed by atoms with Crippen LogP contribution in [0, 0.1) is 0 Å². The predicted molar refractivity (Wildman–Crippen MR) is 76.4 cm³/mol. The van der Waals surface area contributed by atoms with E-state index < -0.39 is 20.7 Å². The minimum atomic E-state index is -3.95. The molecule has 0 N–H and O–H groups in total. The molecule has 0 fully saturated rings. The topological polar surface area (TPSA) is 85.8 Å². The molecule has 0 saturated carbocycles. The number of halogens is 1. The molecule has 9 heteroatoms. The number of fused-ring (bicyclic) bond motifs is 1. The zero-order valence-electron chi connectivity index (χ0n) is 11.8. The lowest BCUT2D eigenvalue weighted by Crippen LogP contribution is -2.41. The lowest BCUT2D eigenvalue weighted by Gasteiger charge is -2.31. The first-order valence-electron chi connectivity index (χ1n) is 6.16. The number of aromatic nitrogens is 1. The number of amides is 1. The number of nitrogens with zero attached hydrogens (tertiary/aromatic N) is 2. The number of pyridine rings is 1. The van der Waals surface area contributed by atoms with Gasteiger partial charge >= 0.3 is 6.09 Å². The molecule has 0 saturated heterocycles. The maximum Gasteiger partial charge on any atom is 0.415 e. The van der Waals surface area contributed by atoms with Gasteiger partial charge in [-0.05, 0) is 26.8 Å². The smallest absolute Gasteiger partial charge is 0.415 e. The normalized spacial score (nSPS) is 15.1. The number of carbonyl (C=O) groups is 1. The molecular formula is C12H15ClN2O5S. The van der Waals surface area contributed by atoms with Crippen molar-refractivity contribution in [3.05, 3.63) is 12.3 Å². The highest BCUT2D eigenvalue weighted by Crippen LogP contribution is 2.33. The highest BCUT2D eigenvalue weighted by molar-refractivity contribution is 8.13. The molecule has 0 bridgehead atoms. The van der Waals surface area contributed by atoms with Gasteiger partial charge in [0, 0.05) is 10.7 Å². The second-order valence-electron chi connectivity index (χ2n) is 5.41. The van der Waals surface area contributed by atoms with Gasteiger partial charge < -0.3 is 9.47 Å². The SMILES string of the molecule is CC(C)(C)OC(=O)N1CCOc2ncc(S(=O)(=O)Cl)cc21. The van der Waals surface area contributed by atoms with E-state index in [9.17, 15) is 13.2 Å². The second-order valence-corrected chi connectivity index (χ2v) is 7.98. The van der Waals surface area contributed by atoms with Crippen LogP contribution in [0.25, 0.3) is 0 Å². The van der Waals surface area contributed by atoms with Gasteiger partial charge in [-0.2, -0.15) is 0 Å². The molecule has 2 rings (SSSR count). The Kier molecular flexibility index (Phi) is 4.03. The van der Waals surface area contributed by atoms with Crippen LogP contribution in [0.3, 0.4) is 0 Å². The number of carbonyl (C=O) groups excluding carboxylic acids is 1. The van der Waals surface area contributed by atoms with Crippen molar-refractivity contribution in [2.75, 3.05) is 18.1 Å². The van der Waals surface area contributed by atoms with Crippen molar-refractivity contribution in [1.29, 1.82) is 0 Å². The molecule has 0 atom stereocenters. The molecule has 0 radical (unpaired) electrons. The maximum atomic E-state index is 12.2. The molecule has 2 heterocycles. The molecule has 116 valence electrons. The van der Waals surface area contributed by atoms with Crippen LogP contribution in [0.2, 0.25) is 0 Å². The van der Waals surface area contributed by atoms with E-state index in [-0.39, 0.29) is 29.6 Å². The van der Waals surface area contributed by atoms with Crippen LogP contribution in [-0.4, -0.2) is 38.2 Å². The standard InChI is InChI=1S/C12H15ClN2O5S/c1-12(2,3)20-11(16)15-4-5-19-10-9(15)6-8(7-14-10)21(13,17)18/h6-7H,4-5H2,1-3H3. The van der Waals surface area contributed by atoms with Crippen LogP contribution < -0.4 is 9.64 Å². The van der Waals surface area contributed by atoms with Gasteiger partial charge in [0.1, 0.15) is 22.8 Å². The number of ether oxygens (including phenoxy) is 2. The van der Waals surface area contributed by atoms with E-state index in [1.54, 1.807) is 20.8 Å². The first kappa shape index (κ1) is 15.8. The molecule has 0 aromatic carbocycles. The summed E-state index contributed by atoms with van der Waals surface area (Å²) in [7, 11) is 1.35. The van der Waals surface area contributed by atoms with Crippen LogP contribution in [-0.2, 0) is 13.8 Å². The largest absolute Gasteiger partial charge is 0.474 e. The highest BCUT2D eigenvalue weighted by atomic mass is 35.7. The summed E-state index contributed by atoms with van der Waals surface area (Å²) in [6.07, 6.45) is 0.484. The summed E-state index contributed by atoms with van der Waals surface area (Å²) >= 11 is 0. The second kappa shape index (κ2) is 5.34. The van der Waals surface area contributed by atoms with Gasteiger partial charge in [0.2, 0.25) is 5.88 Å². The Labute approximate surface area is 127 Å². The van der Waals surface area contributed by atoms with Crippen molar-refractivity contribution in [2.24, 2.45) is 0 Å². The fraction of sp³-hybridized carbons (Fsp3) is 0.500. The third-order valence-electron chi connectivity index (χ3n) is 2.55. The van der Waals surface area contributed by atoms with Crippen LogP contribution in [0.4, 0.5) is 10.5 Å². The van der Waals surface area contributed by atoms with E-state index in [2.05, 4.69) is 4.98 Å². The van der Waals surface area contributed by atoms with E-state index >= 15 is 0 Å². The summed E-state index contributed by atoms with van der Waals surface area (Å²) in [5, 5.41) is 0. The average Bonchev–Trinajstić information content (AvgIpc) is 2.34. The van der Waals surface area contributed by atoms with E-state index in [1.165, 1.54) is 11.0 Å². The summed E-state index contributed by atoms with van der Waals surface area (Å²) in [5.74, 6) is 0.163. The van der Waals surface area contributed by atoms with Gasteiger partial charge in [-0.15, -0.1) is 0 Å². The molecule has 1 aliphatic heterocycles. The Morgan fingerprint density at radius 1 is 1.48 bits per heavy atom. The third-order valence-corrected chi connectivity index (χ3v) is 3.87. The number of anilines is 1. The van der Waals surface area contributed by atoms with Crippen LogP contribution in [0.15, 0.2) is 17.2 Å². The third kappa shape index (κ3) is 3.76. The summed E-state index contributed by atoms with van der Waals surface area (Å²) in [6.45, 7) is 5.69. The molecule has 0 aliphatic carbocycles. The van der Waals surface area contributed by atoms with E-state index in [0.717, 1.165) is 6.20 Å². The molecule has 1 amide bonds. The Balaban J connectivity index is 2.40. The number of rotatable bonds is 1. The van der Waals surface area contributed by atoms with Gasteiger partial charge in [0.25, 0.3) is 9.05 Å². The molecule has 21 heavy (non-hydrogen) atoms. The highest BCUT2D eigenvalue weighted by Gasteiger charge is 2.30. The van der Waals surface area contributed by atoms with Crippen molar-refractivity contribution >= 4 is 31.5 Å². The minimum absolute atomic E-state index is 0.163. The molecule has 0 spiro atoms. The van der Waals surface area contributed by atoms with Gasteiger partial charge in [0.15, 0.2) is 0 Å². The Hall–Kier alpha value is -1.54. The van der Waals surface area contributed by atoms with Crippen molar-refractivity contribution < 1.29 is 22.7 Å². The van der Waals surface area contributed by atoms with Crippen molar-refractivity contribution in [3.8, 4) is 5.88 Å². The summed E-state index contributed by atoms with van der Waals surface area (Å²) < 4.78 is 33.3. The lowest BCUT2D eigenvalue weighted by atomic mass is 10.2. The predicted octanol–water partition coefficient (Wildman–Crippen LogP) is 2.14. The summed E-state index contributed by atoms with van der Waals surface area (Å²) in [6, 6.07) is 1.24. The lowest BCUT2D eigenvalue weighted by molar-refractivity contribution is 0.0566. The first-order valence-corrected chi connectivity index (χ1v) is 8.47. The first-order chi connectivity index (χ1) is 9.58. The van der Waals surface area contributed by atoms with E-state index in [1.807, 2.05) is 0 Å². The van der Waals surface area contributed by atoms with Gasteiger partial charge in [0.05, 0.1) is 12.7 Å². The van der Waals surface area contributed by atoms with Crippen molar-refractivity contribution in [1.82, 2.24) is 4.98 Å².